The molecule has 0 spiro atoms. The lowest BCUT2D eigenvalue weighted by atomic mass is 10.0. The van der Waals surface area contributed by atoms with Crippen molar-refractivity contribution < 1.29 is 13.2 Å². The predicted molar refractivity (Wildman–Crippen MR) is 136 cm³/mol. The molecule has 0 saturated carbocycles. The number of nitrogens with zero attached hydrogens (tertiary/aromatic N) is 3. The molecule has 1 atom stereocenters. The molecule has 2 aliphatic heterocycles. The number of aryl methyl sites for hydroxylation is 1. The van der Waals surface area contributed by atoms with Gasteiger partial charge >= 0.3 is 0 Å². The monoisotopic (exact) mass is 515 g/mol. The van der Waals surface area contributed by atoms with Gasteiger partial charge in [-0.15, -0.1) is 0 Å². The number of rotatable bonds is 4. The summed E-state index contributed by atoms with van der Waals surface area (Å²) in [6, 6.07) is 15.0. The average Bonchev–Trinajstić information content (AvgIpc) is 3.21. The molecular formula is C23H22ClN5O3S2. The lowest BCUT2D eigenvalue weighted by Crippen LogP contribution is -2.40. The molecule has 1 unspecified atom stereocenters. The number of hydrogen-bond acceptors (Lipinski definition) is 6. The summed E-state index contributed by atoms with van der Waals surface area (Å²) in [4.78, 5) is 18.5. The third kappa shape index (κ3) is 5.22. The molecule has 11 heteroatoms. The molecule has 0 bridgehead atoms. The summed E-state index contributed by atoms with van der Waals surface area (Å²) in [7, 11) is -2.29. The molecule has 1 amide bonds. The van der Waals surface area contributed by atoms with Gasteiger partial charge in [0.15, 0.2) is 0 Å². The Balaban J connectivity index is 1.54. The standard InChI is InChI=1S/C23H22ClN5O3S2/c1-26-23(28-34(31,32)22-11-9-20(24)33-22)27-18-7-8-19(17(12-18)13-25)29-14-16-5-3-2-4-15(16)6-10-21(29)30/h2-5,7-9,12,22H,6,10-11,14H2,1H3,(H2,26,27,28). The minimum Gasteiger partial charge on any atom is -0.326 e. The van der Waals surface area contributed by atoms with Crippen molar-refractivity contribution in [3.05, 3.63) is 69.6 Å². The van der Waals surface area contributed by atoms with E-state index in [-0.39, 0.29) is 11.9 Å². The third-order valence-electron chi connectivity index (χ3n) is 5.55. The number of guanidine groups is 1. The number of nitrogens with one attached hydrogen (secondary N) is 2. The molecule has 0 fully saturated rings. The van der Waals surface area contributed by atoms with E-state index in [0.29, 0.717) is 47.1 Å². The van der Waals surface area contributed by atoms with E-state index in [1.54, 1.807) is 29.2 Å². The average molecular weight is 516 g/mol. The Kier molecular flexibility index (Phi) is 7.16. The Bertz CT molecular complexity index is 1330. The van der Waals surface area contributed by atoms with Gasteiger partial charge in [0.05, 0.1) is 22.2 Å². The Hall–Kier alpha value is -3.00. The summed E-state index contributed by atoms with van der Waals surface area (Å²) in [5, 5.41) is 12.7. The molecule has 2 aliphatic rings. The number of aliphatic imine (C=N–C) groups is 1. The summed E-state index contributed by atoms with van der Waals surface area (Å²) >= 11 is 6.97. The second-order valence-electron chi connectivity index (χ2n) is 7.73. The van der Waals surface area contributed by atoms with E-state index in [1.807, 2.05) is 24.3 Å². The van der Waals surface area contributed by atoms with E-state index in [1.165, 1.54) is 7.05 Å². The minimum atomic E-state index is -3.74. The highest BCUT2D eigenvalue weighted by Crippen LogP contribution is 2.37. The van der Waals surface area contributed by atoms with Crippen LogP contribution in [-0.4, -0.2) is 31.9 Å². The van der Waals surface area contributed by atoms with Crippen molar-refractivity contribution in [2.45, 2.75) is 30.4 Å². The molecule has 8 nitrogen and oxygen atoms in total. The van der Waals surface area contributed by atoms with Crippen LogP contribution >= 0.6 is 23.4 Å². The normalized spacial score (nSPS) is 18.6. The SMILES string of the molecule is C/N=C(\Nc1ccc(N2Cc3ccccc3CCC2=O)c(C#N)c1)NS(=O)(=O)C1CC=C(Cl)S1. The number of fused-ring (bicyclic) bond motifs is 1. The Morgan fingerprint density at radius 3 is 2.68 bits per heavy atom. The van der Waals surface area contributed by atoms with Gasteiger partial charge in [-0.05, 0) is 42.2 Å². The van der Waals surface area contributed by atoms with Crippen LogP contribution in [0.15, 0.2) is 57.9 Å². The van der Waals surface area contributed by atoms with Gasteiger partial charge in [0.2, 0.25) is 21.9 Å². The van der Waals surface area contributed by atoms with Crippen molar-refractivity contribution in [2.75, 3.05) is 17.3 Å². The van der Waals surface area contributed by atoms with Gasteiger partial charge in [-0.1, -0.05) is 53.7 Å². The van der Waals surface area contributed by atoms with Crippen molar-refractivity contribution in [2.24, 2.45) is 4.99 Å². The van der Waals surface area contributed by atoms with Crippen LogP contribution in [0.2, 0.25) is 0 Å². The van der Waals surface area contributed by atoms with Gasteiger partial charge < -0.3 is 10.2 Å². The first-order chi connectivity index (χ1) is 16.3. The number of carbonyl (C=O) groups excluding carboxylic acids is 1. The van der Waals surface area contributed by atoms with Gasteiger partial charge in [0, 0.05) is 19.2 Å². The van der Waals surface area contributed by atoms with Crippen molar-refractivity contribution in [1.82, 2.24) is 4.72 Å². The molecule has 0 radical (unpaired) electrons. The van der Waals surface area contributed by atoms with Gasteiger partial charge in [0.1, 0.15) is 10.7 Å². The first-order valence-corrected chi connectivity index (χ1v) is 13.3. The largest absolute Gasteiger partial charge is 0.326 e. The molecule has 0 aromatic heterocycles. The van der Waals surface area contributed by atoms with Gasteiger partial charge in [0.25, 0.3) is 0 Å². The van der Waals surface area contributed by atoms with E-state index < -0.39 is 14.6 Å². The summed E-state index contributed by atoms with van der Waals surface area (Å²) in [6.07, 6.45) is 2.97. The molecule has 2 heterocycles. The number of halogens is 1. The number of carbonyl (C=O) groups is 1. The lowest BCUT2D eigenvalue weighted by Gasteiger charge is -2.23. The highest BCUT2D eigenvalue weighted by atomic mass is 35.5. The van der Waals surface area contributed by atoms with Crippen LogP contribution < -0.4 is 14.9 Å². The smallest absolute Gasteiger partial charge is 0.247 e. The molecule has 2 aromatic rings. The van der Waals surface area contributed by atoms with Crippen molar-refractivity contribution in [3.63, 3.8) is 0 Å². The topological polar surface area (TPSA) is 115 Å². The number of benzene rings is 2. The summed E-state index contributed by atoms with van der Waals surface area (Å²) < 4.78 is 27.4. The number of amides is 1. The molecule has 2 aromatic carbocycles. The highest BCUT2D eigenvalue weighted by Gasteiger charge is 2.31. The summed E-state index contributed by atoms with van der Waals surface area (Å²) in [6.45, 7) is 0.383. The van der Waals surface area contributed by atoms with Gasteiger partial charge in [-0.2, -0.15) is 5.26 Å². The number of allylic oxidation sites excluding steroid dienone is 1. The fraction of sp³-hybridized carbons (Fsp3) is 0.261. The fourth-order valence-electron chi connectivity index (χ4n) is 3.81. The number of hydrogen-bond donors (Lipinski definition) is 2. The van der Waals surface area contributed by atoms with Gasteiger partial charge in [-0.25, -0.2) is 8.42 Å². The zero-order valence-electron chi connectivity index (χ0n) is 18.3. The van der Waals surface area contributed by atoms with Crippen molar-refractivity contribution >= 4 is 56.6 Å². The fourth-order valence-corrected chi connectivity index (χ4v) is 6.88. The number of sulfonamides is 1. The van der Waals surface area contributed by atoms with Crippen molar-refractivity contribution in [3.8, 4) is 6.07 Å². The number of nitriles is 1. The van der Waals surface area contributed by atoms with E-state index in [9.17, 15) is 18.5 Å². The third-order valence-corrected chi connectivity index (χ3v) is 9.23. The quantitative estimate of drug-likeness (QED) is 0.471. The number of anilines is 2. The molecule has 2 N–H and O–H groups in total. The minimum absolute atomic E-state index is 0.0139. The predicted octanol–water partition coefficient (Wildman–Crippen LogP) is 3.90. The van der Waals surface area contributed by atoms with Crippen LogP contribution in [0.25, 0.3) is 0 Å². The Morgan fingerprint density at radius 2 is 2.00 bits per heavy atom. The van der Waals surface area contributed by atoms with Crippen molar-refractivity contribution in [1.29, 1.82) is 5.26 Å². The lowest BCUT2D eigenvalue weighted by molar-refractivity contribution is -0.118. The van der Waals surface area contributed by atoms with E-state index in [2.05, 4.69) is 21.1 Å². The van der Waals surface area contributed by atoms with Crippen LogP contribution in [0.5, 0.6) is 0 Å². The van der Waals surface area contributed by atoms with E-state index in [4.69, 9.17) is 11.6 Å². The maximum atomic E-state index is 12.9. The van der Waals surface area contributed by atoms with E-state index in [0.717, 1.165) is 22.9 Å². The second-order valence-corrected chi connectivity index (χ2v) is 11.8. The molecular weight excluding hydrogens is 494 g/mol. The number of thioether (sulfide) groups is 1. The Labute approximate surface area is 207 Å². The van der Waals surface area contributed by atoms with E-state index >= 15 is 0 Å². The van der Waals surface area contributed by atoms with Crippen LogP contribution in [0.4, 0.5) is 11.4 Å². The molecule has 0 saturated heterocycles. The van der Waals surface area contributed by atoms with Crippen LogP contribution in [0.3, 0.4) is 0 Å². The van der Waals surface area contributed by atoms with Crippen LogP contribution in [0, 0.1) is 11.3 Å². The highest BCUT2D eigenvalue weighted by molar-refractivity contribution is 8.16. The van der Waals surface area contributed by atoms with Crippen LogP contribution in [0.1, 0.15) is 29.5 Å². The zero-order valence-corrected chi connectivity index (χ0v) is 20.7. The molecule has 176 valence electrons. The summed E-state index contributed by atoms with van der Waals surface area (Å²) in [5.41, 5.74) is 3.44. The van der Waals surface area contributed by atoms with Crippen LogP contribution in [-0.2, 0) is 27.8 Å². The van der Waals surface area contributed by atoms with Gasteiger partial charge in [-0.3, -0.25) is 14.5 Å². The molecule has 34 heavy (non-hydrogen) atoms. The maximum Gasteiger partial charge on any atom is 0.247 e. The molecule has 0 aliphatic carbocycles. The Morgan fingerprint density at radius 1 is 1.24 bits per heavy atom. The summed E-state index contributed by atoms with van der Waals surface area (Å²) in [5.74, 6) is -0.0432. The first kappa shape index (κ1) is 24.1. The zero-order chi connectivity index (χ0) is 24.3. The molecule has 4 rings (SSSR count). The second kappa shape index (κ2) is 10.1. The maximum absolute atomic E-state index is 12.9. The first-order valence-electron chi connectivity index (χ1n) is 10.5.